The van der Waals surface area contributed by atoms with Crippen molar-refractivity contribution >= 4 is 11.6 Å². The highest BCUT2D eigenvalue weighted by Gasteiger charge is 2.08. The highest BCUT2D eigenvalue weighted by Crippen LogP contribution is 2.19. The predicted octanol–water partition coefficient (Wildman–Crippen LogP) is 2.64. The number of nitrogens with zero attached hydrogens (tertiary/aromatic N) is 5. The monoisotopic (exact) mass is 375 g/mol. The van der Waals surface area contributed by atoms with Gasteiger partial charge in [-0.2, -0.15) is 0 Å². The van der Waals surface area contributed by atoms with Gasteiger partial charge in [-0.3, -0.25) is 4.40 Å². The van der Waals surface area contributed by atoms with Gasteiger partial charge in [0.2, 0.25) is 0 Å². The molecule has 8 nitrogen and oxygen atoms in total. The molecule has 142 valence electrons. The number of pyridine rings is 1. The zero-order valence-electron chi connectivity index (χ0n) is 15.5. The van der Waals surface area contributed by atoms with E-state index in [0.717, 1.165) is 35.0 Å². The van der Waals surface area contributed by atoms with E-state index in [1.54, 1.807) is 0 Å². The summed E-state index contributed by atoms with van der Waals surface area (Å²) in [5.74, 6) is 2.23. The smallest absolute Gasteiger partial charge is 0.192 e. The Balaban J connectivity index is 1.43. The highest BCUT2D eigenvalue weighted by atomic mass is 16.5. The molecule has 3 heterocycles. The van der Waals surface area contributed by atoms with E-state index in [9.17, 15) is 0 Å². The van der Waals surface area contributed by atoms with Gasteiger partial charge in [0.1, 0.15) is 5.69 Å². The molecule has 0 aliphatic rings. The van der Waals surface area contributed by atoms with E-state index in [2.05, 4.69) is 31.0 Å². The lowest BCUT2D eigenvalue weighted by atomic mass is 10.2. The fourth-order valence-corrected chi connectivity index (χ4v) is 2.80. The molecule has 0 saturated heterocycles. The lowest BCUT2D eigenvalue weighted by molar-refractivity contribution is 0.424. The quantitative estimate of drug-likeness (QED) is 0.398. The molecule has 0 spiro atoms. The van der Waals surface area contributed by atoms with Gasteiger partial charge in [-0.15, -0.1) is 10.2 Å². The molecule has 0 radical (unpaired) electrons. The van der Waals surface area contributed by atoms with Gasteiger partial charge in [0.25, 0.3) is 0 Å². The van der Waals surface area contributed by atoms with Crippen LogP contribution in [0.25, 0.3) is 17.0 Å². The minimum Gasteiger partial charge on any atom is -0.357 e. The van der Waals surface area contributed by atoms with Gasteiger partial charge in [0, 0.05) is 24.4 Å². The van der Waals surface area contributed by atoms with Crippen LogP contribution >= 0.6 is 0 Å². The molecule has 8 heteroatoms. The number of aliphatic imine (C=N–C) groups is 1. The predicted molar refractivity (Wildman–Crippen MR) is 107 cm³/mol. The van der Waals surface area contributed by atoms with Crippen molar-refractivity contribution in [2.24, 2.45) is 4.99 Å². The van der Waals surface area contributed by atoms with Crippen LogP contribution in [0.4, 0.5) is 0 Å². The third-order valence-electron chi connectivity index (χ3n) is 4.16. The summed E-state index contributed by atoms with van der Waals surface area (Å²) in [7, 11) is 0. The normalized spacial score (nSPS) is 11.7. The summed E-state index contributed by atoms with van der Waals surface area (Å²) >= 11 is 0. The summed E-state index contributed by atoms with van der Waals surface area (Å²) in [6.07, 6.45) is 1.94. The SMILES string of the molecule is CCNC(=NCc1cc(-c2ccccc2)on1)NCc1nnc2ccccn12. The Hall–Kier alpha value is -3.68. The minimum atomic E-state index is 0.409. The van der Waals surface area contributed by atoms with Crippen molar-refractivity contribution < 1.29 is 4.52 Å². The Kier molecular flexibility index (Phi) is 5.28. The van der Waals surface area contributed by atoms with Crippen LogP contribution < -0.4 is 10.6 Å². The van der Waals surface area contributed by atoms with Crippen LogP contribution in [-0.4, -0.2) is 32.3 Å². The minimum absolute atomic E-state index is 0.409. The molecule has 28 heavy (non-hydrogen) atoms. The van der Waals surface area contributed by atoms with Gasteiger partial charge in [-0.1, -0.05) is 41.6 Å². The lowest BCUT2D eigenvalue weighted by Gasteiger charge is -2.10. The average molecular weight is 375 g/mol. The number of rotatable bonds is 6. The number of benzene rings is 1. The first kappa shape index (κ1) is 17.7. The number of guanidine groups is 1. The van der Waals surface area contributed by atoms with Crippen LogP contribution in [0, 0.1) is 0 Å². The molecule has 4 rings (SSSR count). The number of aromatic nitrogens is 4. The van der Waals surface area contributed by atoms with E-state index in [1.807, 2.05) is 72.1 Å². The first-order valence-electron chi connectivity index (χ1n) is 9.15. The molecule has 0 aliphatic carbocycles. The van der Waals surface area contributed by atoms with Gasteiger partial charge in [0.05, 0.1) is 13.1 Å². The van der Waals surface area contributed by atoms with E-state index >= 15 is 0 Å². The van der Waals surface area contributed by atoms with Crippen LogP contribution in [0.2, 0.25) is 0 Å². The summed E-state index contributed by atoms with van der Waals surface area (Å²) in [6.45, 7) is 3.69. The lowest BCUT2D eigenvalue weighted by Crippen LogP contribution is -2.37. The molecule has 0 atom stereocenters. The van der Waals surface area contributed by atoms with E-state index in [0.29, 0.717) is 19.0 Å². The molecule has 2 N–H and O–H groups in total. The van der Waals surface area contributed by atoms with Crippen molar-refractivity contribution in [3.8, 4) is 11.3 Å². The molecule has 0 bridgehead atoms. The Bertz CT molecular complexity index is 1070. The maximum atomic E-state index is 5.43. The van der Waals surface area contributed by atoms with E-state index in [1.165, 1.54) is 0 Å². The third-order valence-corrected chi connectivity index (χ3v) is 4.16. The summed E-state index contributed by atoms with van der Waals surface area (Å²) in [5.41, 5.74) is 2.58. The van der Waals surface area contributed by atoms with Crippen molar-refractivity contribution in [1.29, 1.82) is 0 Å². The maximum Gasteiger partial charge on any atom is 0.192 e. The van der Waals surface area contributed by atoms with Crippen molar-refractivity contribution in [1.82, 2.24) is 30.4 Å². The first-order chi connectivity index (χ1) is 13.8. The molecule has 0 fully saturated rings. The molecule has 1 aromatic carbocycles. The van der Waals surface area contributed by atoms with Crippen LogP contribution in [0.1, 0.15) is 18.4 Å². The molecular formula is C20H21N7O. The number of nitrogens with one attached hydrogen (secondary N) is 2. The Morgan fingerprint density at radius 2 is 1.93 bits per heavy atom. The first-order valence-corrected chi connectivity index (χ1v) is 9.15. The van der Waals surface area contributed by atoms with Crippen LogP contribution in [0.3, 0.4) is 0 Å². The van der Waals surface area contributed by atoms with Crippen LogP contribution in [0.5, 0.6) is 0 Å². The molecule has 4 aromatic rings. The van der Waals surface area contributed by atoms with Crippen molar-refractivity contribution in [3.05, 3.63) is 72.3 Å². The maximum absolute atomic E-state index is 5.43. The standard InChI is InChI=1S/C20H21N7O/c1-2-21-20(23-14-19-25-24-18-10-6-7-11-27(18)19)22-13-16-12-17(28-26-16)15-8-4-3-5-9-15/h3-12H,2,13-14H2,1H3,(H2,21,22,23). The average Bonchev–Trinajstić information content (AvgIpc) is 3.38. The second-order valence-electron chi connectivity index (χ2n) is 6.14. The molecule has 0 amide bonds. The number of hydrogen-bond acceptors (Lipinski definition) is 5. The summed E-state index contributed by atoms with van der Waals surface area (Å²) in [4.78, 5) is 4.58. The molecule has 0 saturated carbocycles. The van der Waals surface area contributed by atoms with E-state index < -0.39 is 0 Å². The second-order valence-corrected chi connectivity index (χ2v) is 6.14. The number of fused-ring (bicyclic) bond motifs is 1. The van der Waals surface area contributed by atoms with Crippen molar-refractivity contribution in [2.75, 3.05) is 6.54 Å². The summed E-state index contributed by atoms with van der Waals surface area (Å²) in [6, 6.07) is 17.6. The van der Waals surface area contributed by atoms with Crippen LogP contribution in [0.15, 0.2) is 70.3 Å². The van der Waals surface area contributed by atoms with E-state index in [4.69, 9.17) is 4.52 Å². The van der Waals surface area contributed by atoms with Crippen LogP contribution in [-0.2, 0) is 13.1 Å². The fraction of sp³-hybridized carbons (Fsp3) is 0.200. The zero-order chi connectivity index (χ0) is 19.2. The van der Waals surface area contributed by atoms with Crippen molar-refractivity contribution in [3.63, 3.8) is 0 Å². The van der Waals surface area contributed by atoms with Gasteiger partial charge >= 0.3 is 0 Å². The fourth-order valence-electron chi connectivity index (χ4n) is 2.80. The van der Waals surface area contributed by atoms with Gasteiger partial charge in [-0.25, -0.2) is 4.99 Å². The van der Waals surface area contributed by atoms with Crippen molar-refractivity contribution in [2.45, 2.75) is 20.0 Å². The topological polar surface area (TPSA) is 92.6 Å². The molecule has 0 aliphatic heterocycles. The van der Waals surface area contributed by atoms with Gasteiger partial charge < -0.3 is 15.2 Å². The molecule has 3 aromatic heterocycles. The highest BCUT2D eigenvalue weighted by molar-refractivity contribution is 5.79. The summed E-state index contributed by atoms with van der Waals surface area (Å²) in [5, 5.41) is 19.0. The number of hydrogen-bond donors (Lipinski definition) is 2. The Labute approximate surface area is 162 Å². The summed E-state index contributed by atoms with van der Waals surface area (Å²) < 4.78 is 7.37. The largest absolute Gasteiger partial charge is 0.357 e. The molecule has 0 unspecified atom stereocenters. The molecular weight excluding hydrogens is 354 g/mol. The Morgan fingerprint density at radius 1 is 1.07 bits per heavy atom. The zero-order valence-corrected chi connectivity index (χ0v) is 15.5. The third kappa shape index (κ3) is 4.01. The van der Waals surface area contributed by atoms with E-state index in [-0.39, 0.29) is 0 Å². The van der Waals surface area contributed by atoms with Gasteiger partial charge in [-0.05, 0) is 19.1 Å². The van der Waals surface area contributed by atoms with Gasteiger partial charge in [0.15, 0.2) is 23.2 Å². The Morgan fingerprint density at radius 3 is 2.79 bits per heavy atom. The second kappa shape index (κ2) is 8.34.